The van der Waals surface area contributed by atoms with Gasteiger partial charge in [0.05, 0.1) is 11.4 Å². The monoisotopic (exact) mass is 402 g/mol. The molecule has 1 aliphatic rings. The Morgan fingerprint density at radius 1 is 1.37 bits per heavy atom. The highest BCUT2D eigenvalue weighted by atomic mass is 16.2. The van der Waals surface area contributed by atoms with Crippen molar-refractivity contribution in [3.8, 4) is 11.3 Å². The summed E-state index contributed by atoms with van der Waals surface area (Å²) in [6.07, 6.45) is 5.91. The third-order valence-electron chi connectivity index (χ3n) is 5.64. The number of pyridine rings is 1. The molecule has 1 aliphatic heterocycles. The Kier molecular flexibility index (Phi) is 5.35. The van der Waals surface area contributed by atoms with Crippen LogP contribution >= 0.6 is 0 Å². The van der Waals surface area contributed by atoms with E-state index in [0.717, 1.165) is 58.4 Å². The van der Waals surface area contributed by atoms with Crippen molar-refractivity contribution in [2.24, 2.45) is 10.7 Å². The zero-order valence-corrected chi connectivity index (χ0v) is 17.6. The second-order valence-electron chi connectivity index (χ2n) is 7.39. The molecule has 7 heteroatoms. The number of carbonyl (C=O) groups is 1. The zero-order valence-electron chi connectivity index (χ0n) is 17.6. The quantitative estimate of drug-likeness (QED) is 0.679. The van der Waals surface area contributed by atoms with Crippen molar-refractivity contribution >= 4 is 28.5 Å². The highest BCUT2D eigenvalue weighted by Gasteiger charge is 2.27. The molecule has 4 rings (SSSR count). The van der Waals surface area contributed by atoms with Crippen LogP contribution in [0.25, 0.3) is 27.6 Å². The predicted octanol–water partition coefficient (Wildman–Crippen LogP) is 3.02. The molecule has 3 heterocycles. The summed E-state index contributed by atoms with van der Waals surface area (Å²) >= 11 is 0. The molecule has 1 amide bonds. The van der Waals surface area contributed by atoms with E-state index in [0.29, 0.717) is 6.54 Å². The molecule has 30 heavy (non-hydrogen) atoms. The van der Waals surface area contributed by atoms with Gasteiger partial charge in [0, 0.05) is 86.4 Å². The number of aromatic nitrogens is 3. The van der Waals surface area contributed by atoms with E-state index in [4.69, 9.17) is 10.8 Å². The van der Waals surface area contributed by atoms with Crippen molar-refractivity contribution in [2.45, 2.75) is 33.4 Å². The van der Waals surface area contributed by atoms with Crippen LogP contribution in [0.2, 0.25) is 0 Å². The summed E-state index contributed by atoms with van der Waals surface area (Å²) in [6, 6.07) is 8.19. The summed E-state index contributed by atoms with van der Waals surface area (Å²) in [6.45, 7) is 5.86. The molecule has 0 bridgehead atoms. The van der Waals surface area contributed by atoms with Gasteiger partial charge in [0.2, 0.25) is 5.91 Å². The Hall–Kier alpha value is -3.48. The number of benzene rings is 1. The minimum atomic E-state index is 0.0961. The third-order valence-corrected chi connectivity index (χ3v) is 5.64. The molecule has 7 nitrogen and oxygen atoms in total. The van der Waals surface area contributed by atoms with Crippen LogP contribution in [-0.2, 0) is 24.3 Å². The summed E-state index contributed by atoms with van der Waals surface area (Å²) in [5.41, 5.74) is 11.6. The first kappa shape index (κ1) is 19.8. The van der Waals surface area contributed by atoms with Crippen LogP contribution < -0.4 is 5.73 Å². The Morgan fingerprint density at radius 2 is 2.20 bits per heavy atom. The maximum absolute atomic E-state index is 12.0. The van der Waals surface area contributed by atoms with Gasteiger partial charge in [-0.15, -0.1) is 0 Å². The van der Waals surface area contributed by atoms with Gasteiger partial charge in [-0.2, -0.15) is 5.10 Å². The van der Waals surface area contributed by atoms with E-state index in [1.807, 2.05) is 23.2 Å². The van der Waals surface area contributed by atoms with Gasteiger partial charge in [-0.25, -0.2) is 0 Å². The lowest BCUT2D eigenvalue weighted by molar-refractivity contribution is -0.129. The number of rotatable bonds is 4. The van der Waals surface area contributed by atoms with Gasteiger partial charge < -0.3 is 10.6 Å². The summed E-state index contributed by atoms with van der Waals surface area (Å²) < 4.78 is 2.07. The Balaban J connectivity index is 1.86. The van der Waals surface area contributed by atoms with Crippen LogP contribution in [0.4, 0.5) is 0 Å². The number of hydrogen-bond acceptors (Lipinski definition) is 5. The lowest BCUT2D eigenvalue weighted by atomic mass is 9.97. The Morgan fingerprint density at radius 3 is 2.90 bits per heavy atom. The van der Waals surface area contributed by atoms with E-state index >= 15 is 0 Å². The normalized spacial score (nSPS) is 14.5. The number of aliphatic imine (C=N–C) groups is 1. The van der Waals surface area contributed by atoms with Gasteiger partial charge in [-0.3, -0.25) is 19.5 Å². The largest absolute Gasteiger partial charge is 0.404 e. The van der Waals surface area contributed by atoms with Crippen molar-refractivity contribution < 1.29 is 4.79 Å². The highest BCUT2D eigenvalue weighted by molar-refractivity contribution is 6.10. The first-order valence-electron chi connectivity index (χ1n) is 10.1. The van der Waals surface area contributed by atoms with Crippen molar-refractivity contribution in [1.82, 2.24) is 19.7 Å². The van der Waals surface area contributed by atoms with Crippen molar-refractivity contribution in [3.63, 3.8) is 0 Å². The Labute approximate surface area is 175 Å². The molecule has 0 aliphatic carbocycles. The minimum absolute atomic E-state index is 0.0961. The number of amides is 1. The summed E-state index contributed by atoms with van der Waals surface area (Å²) in [7, 11) is 1.71. The van der Waals surface area contributed by atoms with E-state index in [9.17, 15) is 4.79 Å². The average Bonchev–Trinajstić information content (AvgIpc) is 3.14. The highest BCUT2D eigenvalue weighted by Crippen LogP contribution is 2.34. The predicted molar refractivity (Wildman–Crippen MR) is 120 cm³/mol. The van der Waals surface area contributed by atoms with E-state index in [1.165, 1.54) is 11.9 Å². The summed E-state index contributed by atoms with van der Waals surface area (Å²) in [5.74, 6) is 0.0961. The van der Waals surface area contributed by atoms with Crippen molar-refractivity contribution in [3.05, 3.63) is 53.6 Å². The van der Waals surface area contributed by atoms with Gasteiger partial charge in [-0.05, 0) is 18.4 Å². The van der Waals surface area contributed by atoms with Gasteiger partial charge in [0.15, 0.2) is 0 Å². The molecule has 0 atom stereocenters. The second kappa shape index (κ2) is 8.10. The molecule has 3 aromatic rings. The Bertz CT molecular complexity index is 1170. The molecule has 2 N–H and O–H groups in total. The molecule has 0 radical (unpaired) electrons. The molecule has 0 saturated carbocycles. The smallest absolute Gasteiger partial charge is 0.219 e. The number of aryl methyl sites for hydroxylation is 1. The van der Waals surface area contributed by atoms with Gasteiger partial charge >= 0.3 is 0 Å². The first-order valence-corrected chi connectivity index (χ1v) is 10.1. The number of fused-ring (bicyclic) bond motifs is 2. The fourth-order valence-corrected chi connectivity index (χ4v) is 4.11. The molecule has 0 saturated heterocycles. The maximum atomic E-state index is 12.0. The number of nitrogens with two attached hydrogens (primary N) is 1. The molecule has 1 aromatic carbocycles. The van der Waals surface area contributed by atoms with Crippen LogP contribution in [-0.4, -0.2) is 45.4 Å². The number of carbonyl (C=O) groups excluding carboxylic acids is 1. The van der Waals surface area contributed by atoms with Crippen LogP contribution in [0.1, 0.15) is 30.8 Å². The van der Waals surface area contributed by atoms with Crippen molar-refractivity contribution in [2.75, 3.05) is 13.6 Å². The van der Waals surface area contributed by atoms with E-state index in [-0.39, 0.29) is 5.91 Å². The van der Waals surface area contributed by atoms with Crippen molar-refractivity contribution in [1.29, 1.82) is 0 Å². The number of hydrogen-bond donors (Lipinski definition) is 1. The molecule has 0 fully saturated rings. The van der Waals surface area contributed by atoms with Crippen LogP contribution in [0, 0.1) is 0 Å². The van der Waals surface area contributed by atoms with Gasteiger partial charge in [0.1, 0.15) is 0 Å². The summed E-state index contributed by atoms with van der Waals surface area (Å²) in [4.78, 5) is 22.6. The molecule has 0 spiro atoms. The second-order valence-corrected chi connectivity index (χ2v) is 7.39. The molecular weight excluding hydrogens is 376 g/mol. The number of allylic oxidation sites excluding steroid dienone is 1. The standard InChI is InChI=1S/C23H26N6O/c1-4-29-22-8-9-28(15(2)30)14-20(22)23(27-29)18-7-5-6-16-10-21(26-13-19(16)18)17(11-24)12-25-3/h5-7,10-13H,4,8-9,14,24H2,1-3H3/b17-11+,25-12?. The summed E-state index contributed by atoms with van der Waals surface area (Å²) in [5, 5.41) is 7.00. The lowest BCUT2D eigenvalue weighted by Gasteiger charge is -2.26. The molecule has 0 unspecified atom stereocenters. The molecule has 154 valence electrons. The van der Waals surface area contributed by atoms with Gasteiger partial charge in [0.25, 0.3) is 0 Å². The fraction of sp³-hybridized carbons (Fsp3) is 0.304. The van der Waals surface area contributed by atoms with Crippen LogP contribution in [0.3, 0.4) is 0 Å². The number of nitrogens with zero attached hydrogens (tertiary/aromatic N) is 5. The van der Waals surface area contributed by atoms with Gasteiger partial charge in [-0.1, -0.05) is 18.2 Å². The third kappa shape index (κ3) is 3.36. The SMILES string of the molecule is CCn1nc(-c2cccc3cc(/C(C=NC)=C/N)ncc23)c2c1CCN(C(C)=O)C2. The fourth-order valence-electron chi connectivity index (χ4n) is 4.11. The van der Waals surface area contributed by atoms with E-state index in [1.54, 1.807) is 20.2 Å². The topological polar surface area (TPSA) is 89.4 Å². The van der Waals surface area contributed by atoms with Crippen LogP contribution in [0.15, 0.2) is 41.7 Å². The first-order chi connectivity index (χ1) is 14.6. The maximum Gasteiger partial charge on any atom is 0.219 e. The zero-order chi connectivity index (χ0) is 21.3. The van der Waals surface area contributed by atoms with Crippen LogP contribution in [0.5, 0.6) is 0 Å². The minimum Gasteiger partial charge on any atom is -0.404 e. The van der Waals surface area contributed by atoms with E-state index < -0.39 is 0 Å². The van der Waals surface area contributed by atoms with E-state index in [2.05, 4.69) is 33.7 Å². The molecule has 2 aromatic heterocycles. The lowest BCUT2D eigenvalue weighted by Crippen LogP contribution is -2.34. The molecular formula is C23H26N6O. The average molecular weight is 403 g/mol.